The Balaban J connectivity index is 2.88. The van der Waals surface area contributed by atoms with Crippen molar-refractivity contribution in [1.29, 1.82) is 0 Å². The Bertz CT molecular complexity index is 325. The number of carbonyl (C=O) groups is 1. The van der Waals surface area contributed by atoms with Gasteiger partial charge in [0.15, 0.2) is 0 Å². The third kappa shape index (κ3) is 2.23. The minimum atomic E-state index is -3.47. The Labute approximate surface area is 82.5 Å². The number of nitrogens with zero attached hydrogens (tertiary/aromatic N) is 1. The van der Waals surface area contributed by atoms with Gasteiger partial charge in [-0.1, -0.05) is 0 Å². The lowest BCUT2D eigenvalue weighted by Gasteiger charge is -2.17. The third-order valence-corrected chi connectivity index (χ3v) is 3.52. The zero-order valence-electron chi connectivity index (χ0n) is 8.00. The second kappa shape index (κ2) is 3.84. The van der Waals surface area contributed by atoms with Crippen LogP contribution in [0.15, 0.2) is 0 Å². The molecule has 1 N–H and O–H groups in total. The van der Waals surface area contributed by atoms with E-state index >= 15 is 0 Å². The quantitative estimate of drug-likeness (QED) is 0.671. The van der Waals surface area contributed by atoms with Gasteiger partial charge >= 0.3 is 5.97 Å². The van der Waals surface area contributed by atoms with Crippen LogP contribution in [-0.4, -0.2) is 55.9 Å². The van der Waals surface area contributed by atoms with Crippen LogP contribution in [0, 0.1) is 0 Å². The molecule has 0 amide bonds. The summed E-state index contributed by atoms with van der Waals surface area (Å²) >= 11 is 0. The van der Waals surface area contributed by atoms with Crippen LogP contribution in [0.25, 0.3) is 0 Å². The number of sulfonamides is 1. The highest BCUT2D eigenvalue weighted by Crippen LogP contribution is 2.22. The van der Waals surface area contributed by atoms with Crippen LogP contribution in [0.5, 0.6) is 0 Å². The number of aliphatic carboxylic acids is 1. The predicted octanol–water partition coefficient (Wildman–Crippen LogP) is -0.880. The maximum Gasteiger partial charge on any atom is 0.322 e. The average molecular weight is 223 g/mol. The lowest BCUT2D eigenvalue weighted by molar-refractivity contribution is -0.140. The molecule has 0 aromatic carbocycles. The SMILES string of the molecule is COC1CC(C(=O)O)N(S(C)(=O)=O)C1. The minimum Gasteiger partial charge on any atom is -0.480 e. The summed E-state index contributed by atoms with van der Waals surface area (Å²) in [5, 5.41) is 8.80. The standard InChI is InChI=1S/C7H13NO5S/c1-13-5-3-6(7(9)10)8(4-5)14(2,11)12/h5-6H,3-4H2,1-2H3,(H,9,10). The number of hydrogen-bond acceptors (Lipinski definition) is 4. The molecule has 1 fully saturated rings. The van der Waals surface area contributed by atoms with Gasteiger partial charge in [0.05, 0.1) is 12.4 Å². The van der Waals surface area contributed by atoms with Crippen LogP contribution in [0.2, 0.25) is 0 Å². The summed E-state index contributed by atoms with van der Waals surface area (Å²) < 4.78 is 28.3. The van der Waals surface area contributed by atoms with Crippen LogP contribution in [0.4, 0.5) is 0 Å². The highest BCUT2D eigenvalue weighted by molar-refractivity contribution is 7.88. The van der Waals surface area contributed by atoms with Crippen molar-refractivity contribution in [2.75, 3.05) is 19.9 Å². The van der Waals surface area contributed by atoms with Gasteiger partial charge in [0.2, 0.25) is 10.0 Å². The van der Waals surface area contributed by atoms with Crippen molar-refractivity contribution in [2.45, 2.75) is 18.6 Å². The fourth-order valence-electron chi connectivity index (χ4n) is 1.53. The number of methoxy groups -OCH3 is 1. The van der Waals surface area contributed by atoms with E-state index in [2.05, 4.69) is 0 Å². The molecule has 14 heavy (non-hydrogen) atoms. The van der Waals surface area contributed by atoms with Crippen LogP contribution in [0.1, 0.15) is 6.42 Å². The maximum atomic E-state index is 11.2. The zero-order valence-corrected chi connectivity index (χ0v) is 8.82. The molecular weight excluding hydrogens is 210 g/mol. The second-order valence-corrected chi connectivity index (χ2v) is 5.22. The molecule has 0 aromatic heterocycles. The van der Waals surface area contributed by atoms with Gasteiger partial charge in [-0.3, -0.25) is 4.79 Å². The number of rotatable bonds is 3. The van der Waals surface area contributed by atoms with Gasteiger partial charge in [-0.25, -0.2) is 8.42 Å². The average Bonchev–Trinajstić information content (AvgIpc) is 2.46. The van der Waals surface area contributed by atoms with Gasteiger partial charge in [0, 0.05) is 20.1 Å². The topological polar surface area (TPSA) is 83.9 Å². The molecule has 1 saturated heterocycles. The first-order valence-electron chi connectivity index (χ1n) is 4.08. The van der Waals surface area contributed by atoms with Crippen molar-refractivity contribution >= 4 is 16.0 Å². The zero-order chi connectivity index (χ0) is 10.9. The summed E-state index contributed by atoms with van der Waals surface area (Å²) in [6.07, 6.45) is 0.880. The molecule has 0 radical (unpaired) electrons. The van der Waals surface area contributed by atoms with Crippen LogP contribution < -0.4 is 0 Å². The van der Waals surface area contributed by atoms with Crippen molar-refractivity contribution in [3.05, 3.63) is 0 Å². The first-order chi connectivity index (χ1) is 6.36. The van der Waals surface area contributed by atoms with Gasteiger partial charge in [-0.05, 0) is 0 Å². The molecule has 0 aliphatic carbocycles. The van der Waals surface area contributed by atoms with Crippen molar-refractivity contribution in [3.8, 4) is 0 Å². The fourth-order valence-corrected chi connectivity index (χ4v) is 2.61. The van der Waals surface area contributed by atoms with E-state index in [1.165, 1.54) is 7.11 Å². The van der Waals surface area contributed by atoms with E-state index in [0.717, 1.165) is 10.6 Å². The molecule has 2 atom stereocenters. The Morgan fingerprint density at radius 3 is 2.43 bits per heavy atom. The highest BCUT2D eigenvalue weighted by atomic mass is 32.2. The first kappa shape index (κ1) is 11.4. The molecule has 0 bridgehead atoms. The molecule has 0 aromatic rings. The van der Waals surface area contributed by atoms with Gasteiger partial charge in [-0.15, -0.1) is 0 Å². The van der Waals surface area contributed by atoms with E-state index < -0.39 is 22.0 Å². The predicted molar refractivity (Wildman–Crippen MR) is 48.4 cm³/mol. The smallest absolute Gasteiger partial charge is 0.322 e. The summed E-state index contributed by atoms with van der Waals surface area (Å²) in [6, 6.07) is -0.991. The van der Waals surface area contributed by atoms with Gasteiger partial charge in [-0.2, -0.15) is 4.31 Å². The molecule has 6 nitrogen and oxygen atoms in total. The molecule has 1 aliphatic heterocycles. The summed E-state index contributed by atoms with van der Waals surface area (Å²) in [4.78, 5) is 10.8. The Hall–Kier alpha value is -0.660. The summed E-state index contributed by atoms with van der Waals surface area (Å²) in [5.74, 6) is -1.13. The molecule has 2 unspecified atom stereocenters. The Morgan fingerprint density at radius 2 is 2.14 bits per heavy atom. The van der Waals surface area contributed by atoms with Gasteiger partial charge in [0.1, 0.15) is 6.04 Å². The van der Waals surface area contributed by atoms with E-state index in [-0.39, 0.29) is 19.1 Å². The Morgan fingerprint density at radius 1 is 1.57 bits per heavy atom. The fraction of sp³-hybridized carbons (Fsp3) is 0.857. The van der Waals surface area contributed by atoms with Crippen LogP contribution in [0.3, 0.4) is 0 Å². The lowest BCUT2D eigenvalue weighted by Crippen LogP contribution is -2.39. The van der Waals surface area contributed by atoms with E-state index in [4.69, 9.17) is 9.84 Å². The van der Waals surface area contributed by atoms with Crippen molar-refractivity contribution in [2.24, 2.45) is 0 Å². The van der Waals surface area contributed by atoms with Gasteiger partial charge < -0.3 is 9.84 Å². The molecule has 82 valence electrons. The van der Waals surface area contributed by atoms with Gasteiger partial charge in [0.25, 0.3) is 0 Å². The first-order valence-corrected chi connectivity index (χ1v) is 5.93. The summed E-state index contributed by atoms with van der Waals surface area (Å²) in [5.41, 5.74) is 0. The number of ether oxygens (including phenoxy) is 1. The third-order valence-electron chi connectivity index (χ3n) is 2.26. The molecule has 1 heterocycles. The van der Waals surface area contributed by atoms with Crippen molar-refractivity contribution in [1.82, 2.24) is 4.31 Å². The monoisotopic (exact) mass is 223 g/mol. The van der Waals surface area contributed by atoms with E-state index in [0.29, 0.717) is 0 Å². The molecule has 1 aliphatic rings. The number of carboxylic acids is 1. The Kier molecular flexibility index (Phi) is 3.13. The van der Waals surface area contributed by atoms with E-state index in [9.17, 15) is 13.2 Å². The second-order valence-electron chi connectivity index (χ2n) is 3.28. The van der Waals surface area contributed by atoms with E-state index in [1.54, 1.807) is 0 Å². The van der Waals surface area contributed by atoms with Crippen LogP contribution in [-0.2, 0) is 19.6 Å². The normalized spacial score (nSPS) is 29.3. The minimum absolute atomic E-state index is 0.117. The lowest BCUT2D eigenvalue weighted by atomic mass is 10.2. The maximum absolute atomic E-state index is 11.2. The van der Waals surface area contributed by atoms with E-state index in [1.807, 2.05) is 0 Å². The van der Waals surface area contributed by atoms with Crippen molar-refractivity contribution < 1.29 is 23.1 Å². The number of carboxylic acid groups (broad SMARTS) is 1. The molecule has 1 rings (SSSR count). The molecular formula is C7H13NO5S. The summed E-state index contributed by atoms with van der Waals surface area (Å²) in [7, 11) is -2.03. The number of hydrogen-bond donors (Lipinski definition) is 1. The summed E-state index contributed by atoms with van der Waals surface area (Å²) in [6.45, 7) is 0.117. The van der Waals surface area contributed by atoms with Crippen molar-refractivity contribution in [3.63, 3.8) is 0 Å². The highest BCUT2D eigenvalue weighted by Gasteiger charge is 2.41. The largest absolute Gasteiger partial charge is 0.480 e. The molecule has 0 spiro atoms. The molecule has 7 heteroatoms. The van der Waals surface area contributed by atoms with Crippen LogP contribution >= 0.6 is 0 Å². The molecule has 0 saturated carbocycles.